The minimum atomic E-state index is -0.145. The van der Waals surface area contributed by atoms with E-state index in [-0.39, 0.29) is 5.54 Å². The molecule has 19 heavy (non-hydrogen) atoms. The van der Waals surface area contributed by atoms with Gasteiger partial charge in [-0.1, -0.05) is 39.1 Å². The number of nitrogens with zero attached hydrogens (tertiary/aromatic N) is 3. The Morgan fingerprint density at radius 3 is 2.47 bits per heavy atom. The highest BCUT2D eigenvalue weighted by molar-refractivity contribution is 9.08. The minimum Gasteiger partial charge on any atom is -0.305 e. The van der Waals surface area contributed by atoms with Gasteiger partial charge in [-0.15, -0.1) is 10.2 Å². The molecule has 0 radical (unpaired) electrons. The van der Waals surface area contributed by atoms with Crippen molar-refractivity contribution in [2.24, 2.45) is 0 Å². The number of benzene rings is 1. The smallest absolute Gasteiger partial charge is 0.166 e. The summed E-state index contributed by atoms with van der Waals surface area (Å²) in [4.78, 5) is 0. The number of alkyl halides is 1. The van der Waals surface area contributed by atoms with Crippen molar-refractivity contribution in [3.63, 3.8) is 0 Å². The first-order valence-corrected chi connectivity index (χ1v) is 7.68. The van der Waals surface area contributed by atoms with Crippen molar-refractivity contribution in [3.05, 3.63) is 34.1 Å². The Morgan fingerprint density at radius 2 is 1.89 bits per heavy atom. The molecule has 0 bridgehead atoms. The maximum atomic E-state index is 6.25. The molecular weight excluding hydrogens is 349 g/mol. The third-order valence-corrected chi connectivity index (χ3v) is 3.76. The van der Waals surface area contributed by atoms with Gasteiger partial charge in [-0.2, -0.15) is 0 Å². The molecule has 1 aromatic carbocycles. The summed E-state index contributed by atoms with van der Waals surface area (Å²) in [6.45, 7) is 6.30. The average molecular weight is 363 g/mol. The Morgan fingerprint density at radius 1 is 1.21 bits per heavy atom. The Balaban J connectivity index is 2.69. The van der Waals surface area contributed by atoms with Crippen LogP contribution in [0.3, 0.4) is 0 Å². The van der Waals surface area contributed by atoms with Crippen LogP contribution < -0.4 is 0 Å². The molecule has 2 rings (SSSR count). The van der Waals surface area contributed by atoms with Crippen LogP contribution in [0.15, 0.2) is 18.2 Å². The number of halogens is 3. The second-order valence-corrected chi connectivity index (χ2v) is 6.61. The highest BCUT2D eigenvalue weighted by Gasteiger charge is 2.24. The van der Waals surface area contributed by atoms with Crippen molar-refractivity contribution < 1.29 is 0 Å². The molecule has 0 aliphatic heterocycles. The normalized spacial score (nSPS) is 11.9. The maximum absolute atomic E-state index is 6.25. The van der Waals surface area contributed by atoms with Crippen LogP contribution in [-0.4, -0.2) is 14.8 Å². The first-order valence-electron chi connectivity index (χ1n) is 5.80. The van der Waals surface area contributed by atoms with Crippen LogP contribution in [0.1, 0.15) is 26.6 Å². The Hall–Kier alpha value is -0.580. The van der Waals surface area contributed by atoms with Gasteiger partial charge in [0.2, 0.25) is 0 Å². The fourth-order valence-corrected chi connectivity index (χ4v) is 2.69. The quantitative estimate of drug-likeness (QED) is 0.711. The molecule has 0 unspecified atom stereocenters. The SMILES string of the molecule is CC(C)(C)n1c(CBr)nnc1-c1cc(Cl)ccc1Cl. The van der Waals surface area contributed by atoms with Crippen LogP contribution in [-0.2, 0) is 10.9 Å². The van der Waals surface area contributed by atoms with Gasteiger partial charge in [-0.25, -0.2) is 0 Å². The summed E-state index contributed by atoms with van der Waals surface area (Å²) in [6, 6.07) is 5.35. The first-order chi connectivity index (χ1) is 8.84. The number of hydrogen-bond donors (Lipinski definition) is 0. The third-order valence-electron chi connectivity index (χ3n) is 2.69. The molecule has 102 valence electrons. The van der Waals surface area contributed by atoms with Gasteiger partial charge in [0.25, 0.3) is 0 Å². The lowest BCUT2D eigenvalue weighted by atomic mass is 10.1. The first kappa shape index (κ1) is 14.8. The standard InChI is InChI=1S/C13H14BrCl2N3/c1-13(2,3)19-11(7-14)17-18-12(19)9-6-8(15)4-5-10(9)16/h4-6H,7H2,1-3H3. The van der Waals surface area contributed by atoms with E-state index in [4.69, 9.17) is 23.2 Å². The van der Waals surface area contributed by atoms with Crippen molar-refractivity contribution in [1.29, 1.82) is 0 Å². The van der Waals surface area contributed by atoms with Gasteiger partial charge in [0.1, 0.15) is 5.82 Å². The van der Waals surface area contributed by atoms with Gasteiger partial charge < -0.3 is 4.57 Å². The van der Waals surface area contributed by atoms with Crippen LogP contribution in [0.4, 0.5) is 0 Å². The Bertz CT molecular complexity index is 602. The Labute approximate surface area is 131 Å². The molecule has 2 aromatic rings. The molecular formula is C13H14BrCl2N3. The molecule has 0 atom stereocenters. The van der Waals surface area contributed by atoms with Crippen LogP contribution in [0.25, 0.3) is 11.4 Å². The summed E-state index contributed by atoms with van der Waals surface area (Å²) in [5.41, 5.74) is 0.650. The monoisotopic (exact) mass is 361 g/mol. The van der Waals surface area contributed by atoms with E-state index in [2.05, 4.69) is 51.5 Å². The fraction of sp³-hybridized carbons (Fsp3) is 0.385. The lowest BCUT2D eigenvalue weighted by Gasteiger charge is -2.25. The molecule has 0 amide bonds. The van der Waals surface area contributed by atoms with Crippen molar-refractivity contribution in [2.75, 3.05) is 0 Å². The van der Waals surface area contributed by atoms with E-state index in [0.29, 0.717) is 15.4 Å². The van der Waals surface area contributed by atoms with Crippen molar-refractivity contribution in [3.8, 4) is 11.4 Å². The summed E-state index contributed by atoms with van der Waals surface area (Å²) >= 11 is 15.7. The number of aromatic nitrogens is 3. The van der Waals surface area contributed by atoms with E-state index in [0.717, 1.165) is 17.2 Å². The lowest BCUT2D eigenvalue weighted by molar-refractivity contribution is 0.391. The van der Waals surface area contributed by atoms with E-state index in [1.807, 2.05) is 6.07 Å². The average Bonchev–Trinajstić information content (AvgIpc) is 2.75. The molecule has 0 saturated carbocycles. The minimum absolute atomic E-state index is 0.145. The van der Waals surface area contributed by atoms with Gasteiger partial charge >= 0.3 is 0 Å². The van der Waals surface area contributed by atoms with Gasteiger partial charge in [0.15, 0.2) is 5.82 Å². The zero-order valence-corrected chi connectivity index (χ0v) is 14.0. The number of rotatable bonds is 2. The van der Waals surface area contributed by atoms with E-state index >= 15 is 0 Å². The molecule has 1 aromatic heterocycles. The van der Waals surface area contributed by atoms with E-state index in [1.54, 1.807) is 12.1 Å². The number of hydrogen-bond acceptors (Lipinski definition) is 2. The summed E-state index contributed by atoms with van der Waals surface area (Å²) in [5.74, 6) is 1.59. The summed E-state index contributed by atoms with van der Waals surface area (Å²) in [7, 11) is 0. The summed E-state index contributed by atoms with van der Waals surface area (Å²) < 4.78 is 2.07. The second kappa shape index (κ2) is 5.43. The Kier molecular flexibility index (Phi) is 4.23. The van der Waals surface area contributed by atoms with Crippen LogP contribution >= 0.6 is 39.1 Å². The second-order valence-electron chi connectivity index (χ2n) is 5.20. The van der Waals surface area contributed by atoms with Crippen LogP contribution in [0, 0.1) is 0 Å². The molecule has 6 heteroatoms. The molecule has 0 spiro atoms. The van der Waals surface area contributed by atoms with Crippen LogP contribution in [0.5, 0.6) is 0 Å². The highest BCUT2D eigenvalue weighted by Crippen LogP contribution is 2.33. The van der Waals surface area contributed by atoms with Crippen molar-refractivity contribution in [1.82, 2.24) is 14.8 Å². The highest BCUT2D eigenvalue weighted by atomic mass is 79.9. The van der Waals surface area contributed by atoms with Crippen LogP contribution in [0.2, 0.25) is 10.0 Å². The van der Waals surface area contributed by atoms with Gasteiger partial charge in [0, 0.05) is 16.1 Å². The molecule has 0 aliphatic rings. The van der Waals surface area contributed by atoms with Gasteiger partial charge in [-0.05, 0) is 39.0 Å². The maximum Gasteiger partial charge on any atom is 0.166 e. The predicted octanol–water partition coefficient (Wildman–Crippen LogP) is 4.90. The summed E-state index contributed by atoms with van der Waals surface area (Å²) in [5, 5.41) is 10.4. The lowest BCUT2D eigenvalue weighted by Crippen LogP contribution is -2.24. The van der Waals surface area contributed by atoms with Gasteiger partial charge in [0.05, 0.1) is 10.4 Å². The molecule has 0 aliphatic carbocycles. The van der Waals surface area contributed by atoms with E-state index < -0.39 is 0 Å². The third kappa shape index (κ3) is 2.96. The molecule has 3 nitrogen and oxygen atoms in total. The molecule has 1 heterocycles. The molecule has 0 N–H and O–H groups in total. The molecule has 0 fully saturated rings. The predicted molar refractivity (Wildman–Crippen MR) is 83.1 cm³/mol. The zero-order valence-electron chi connectivity index (χ0n) is 10.9. The van der Waals surface area contributed by atoms with Gasteiger partial charge in [-0.3, -0.25) is 0 Å². The molecule has 0 saturated heterocycles. The topological polar surface area (TPSA) is 30.7 Å². The van der Waals surface area contributed by atoms with Crippen molar-refractivity contribution >= 4 is 39.1 Å². The van der Waals surface area contributed by atoms with Crippen molar-refractivity contribution in [2.45, 2.75) is 31.6 Å². The largest absolute Gasteiger partial charge is 0.305 e. The van der Waals surface area contributed by atoms with E-state index in [9.17, 15) is 0 Å². The van der Waals surface area contributed by atoms with E-state index in [1.165, 1.54) is 0 Å². The fourth-order valence-electron chi connectivity index (χ4n) is 1.95. The summed E-state index contributed by atoms with van der Waals surface area (Å²) in [6.07, 6.45) is 0. The zero-order chi connectivity index (χ0) is 14.2.